The molecule has 1 aliphatic rings. The Hall–Kier alpha value is -1.38. The SMILES string of the molecule is CC(Cc1ccccn1)NC(=O)C1CCCCC1. The summed E-state index contributed by atoms with van der Waals surface area (Å²) < 4.78 is 0. The number of carbonyl (C=O) groups excluding carboxylic acids is 1. The van der Waals surface area contributed by atoms with Crippen molar-refractivity contribution in [1.29, 1.82) is 0 Å². The third kappa shape index (κ3) is 3.83. The maximum Gasteiger partial charge on any atom is 0.223 e. The van der Waals surface area contributed by atoms with Gasteiger partial charge in [-0.1, -0.05) is 25.3 Å². The summed E-state index contributed by atoms with van der Waals surface area (Å²) >= 11 is 0. The second-order valence-corrected chi connectivity index (χ2v) is 5.27. The lowest BCUT2D eigenvalue weighted by Crippen LogP contribution is -2.39. The van der Waals surface area contributed by atoms with Crippen LogP contribution in [-0.2, 0) is 11.2 Å². The van der Waals surface area contributed by atoms with Gasteiger partial charge in [0.05, 0.1) is 0 Å². The molecule has 98 valence electrons. The third-order valence-electron chi connectivity index (χ3n) is 3.61. The number of amides is 1. The van der Waals surface area contributed by atoms with E-state index >= 15 is 0 Å². The molecule has 1 unspecified atom stereocenters. The van der Waals surface area contributed by atoms with Gasteiger partial charge < -0.3 is 5.32 Å². The van der Waals surface area contributed by atoms with E-state index in [0.717, 1.165) is 25.0 Å². The van der Waals surface area contributed by atoms with Gasteiger partial charge in [0.1, 0.15) is 0 Å². The quantitative estimate of drug-likeness (QED) is 0.887. The third-order valence-corrected chi connectivity index (χ3v) is 3.61. The van der Waals surface area contributed by atoms with Crippen LogP contribution in [0.1, 0.15) is 44.7 Å². The van der Waals surface area contributed by atoms with E-state index in [1.54, 1.807) is 6.20 Å². The Morgan fingerprint density at radius 1 is 1.39 bits per heavy atom. The number of hydrogen-bond acceptors (Lipinski definition) is 2. The lowest BCUT2D eigenvalue weighted by atomic mass is 9.88. The molecule has 1 fully saturated rings. The van der Waals surface area contributed by atoms with Crippen LogP contribution in [0.5, 0.6) is 0 Å². The number of aromatic nitrogens is 1. The summed E-state index contributed by atoms with van der Waals surface area (Å²) in [4.78, 5) is 16.4. The highest BCUT2D eigenvalue weighted by atomic mass is 16.1. The fraction of sp³-hybridized carbons (Fsp3) is 0.600. The summed E-state index contributed by atoms with van der Waals surface area (Å²) in [6.07, 6.45) is 8.40. The van der Waals surface area contributed by atoms with Crippen LogP contribution in [0.25, 0.3) is 0 Å². The Balaban J connectivity index is 1.79. The van der Waals surface area contributed by atoms with Gasteiger partial charge in [0.25, 0.3) is 0 Å². The van der Waals surface area contributed by atoms with Gasteiger partial charge in [-0.25, -0.2) is 0 Å². The molecule has 3 nitrogen and oxygen atoms in total. The molecule has 1 atom stereocenters. The van der Waals surface area contributed by atoms with E-state index in [2.05, 4.69) is 17.2 Å². The minimum absolute atomic E-state index is 0.161. The van der Waals surface area contributed by atoms with E-state index in [1.165, 1.54) is 19.3 Å². The first-order valence-electron chi connectivity index (χ1n) is 6.96. The molecule has 1 N–H and O–H groups in total. The minimum Gasteiger partial charge on any atom is -0.353 e. The van der Waals surface area contributed by atoms with Gasteiger partial charge in [-0.15, -0.1) is 0 Å². The first kappa shape index (κ1) is 13.1. The standard InChI is InChI=1S/C15H22N2O/c1-12(11-14-9-5-6-10-16-14)17-15(18)13-7-3-2-4-8-13/h5-6,9-10,12-13H,2-4,7-8,11H2,1H3,(H,17,18). The Bertz CT molecular complexity index is 371. The fourth-order valence-corrected chi connectivity index (χ4v) is 2.61. The summed E-state index contributed by atoms with van der Waals surface area (Å²) in [6.45, 7) is 2.05. The van der Waals surface area contributed by atoms with Crippen molar-refractivity contribution in [3.05, 3.63) is 30.1 Å². The molecule has 2 rings (SSSR count). The van der Waals surface area contributed by atoms with E-state index in [1.807, 2.05) is 18.2 Å². The van der Waals surface area contributed by atoms with Gasteiger partial charge in [0.2, 0.25) is 5.91 Å². The monoisotopic (exact) mass is 246 g/mol. The Labute approximate surface area is 109 Å². The van der Waals surface area contributed by atoms with Crippen molar-refractivity contribution < 1.29 is 4.79 Å². The van der Waals surface area contributed by atoms with Crippen molar-refractivity contribution in [1.82, 2.24) is 10.3 Å². The second-order valence-electron chi connectivity index (χ2n) is 5.27. The molecule has 1 aliphatic carbocycles. The van der Waals surface area contributed by atoms with Crippen LogP contribution in [0.2, 0.25) is 0 Å². The highest BCUT2D eigenvalue weighted by molar-refractivity contribution is 5.78. The highest BCUT2D eigenvalue weighted by Gasteiger charge is 2.22. The summed E-state index contributed by atoms with van der Waals surface area (Å²) in [6, 6.07) is 6.06. The van der Waals surface area contributed by atoms with Crippen LogP contribution in [0.3, 0.4) is 0 Å². The predicted octanol–water partition coefficient (Wildman–Crippen LogP) is 2.71. The molecule has 0 saturated heterocycles. The molecular weight excluding hydrogens is 224 g/mol. The topological polar surface area (TPSA) is 42.0 Å². The normalized spacial score (nSPS) is 18.3. The van der Waals surface area contributed by atoms with Crippen molar-refractivity contribution in [2.45, 2.75) is 51.5 Å². The first-order valence-corrected chi connectivity index (χ1v) is 6.96. The largest absolute Gasteiger partial charge is 0.353 e. The molecule has 1 saturated carbocycles. The maximum atomic E-state index is 12.1. The number of carbonyl (C=O) groups is 1. The minimum atomic E-state index is 0.161. The lowest BCUT2D eigenvalue weighted by Gasteiger charge is -2.23. The molecule has 0 radical (unpaired) electrons. The van der Waals surface area contributed by atoms with Crippen molar-refractivity contribution in [2.24, 2.45) is 5.92 Å². The van der Waals surface area contributed by atoms with E-state index in [4.69, 9.17) is 0 Å². The van der Waals surface area contributed by atoms with Crippen LogP contribution in [0, 0.1) is 5.92 Å². The van der Waals surface area contributed by atoms with Crippen LogP contribution in [0.15, 0.2) is 24.4 Å². The van der Waals surface area contributed by atoms with Gasteiger partial charge in [-0.05, 0) is 31.9 Å². The van der Waals surface area contributed by atoms with E-state index in [-0.39, 0.29) is 17.9 Å². The fourth-order valence-electron chi connectivity index (χ4n) is 2.61. The lowest BCUT2D eigenvalue weighted by molar-refractivity contribution is -0.126. The van der Waals surface area contributed by atoms with E-state index in [9.17, 15) is 4.79 Å². The van der Waals surface area contributed by atoms with Crippen molar-refractivity contribution in [3.63, 3.8) is 0 Å². The van der Waals surface area contributed by atoms with Crippen LogP contribution in [-0.4, -0.2) is 16.9 Å². The smallest absolute Gasteiger partial charge is 0.223 e. The maximum absolute atomic E-state index is 12.1. The molecule has 1 heterocycles. The summed E-state index contributed by atoms with van der Waals surface area (Å²) in [5, 5.41) is 3.12. The van der Waals surface area contributed by atoms with Crippen molar-refractivity contribution >= 4 is 5.91 Å². The van der Waals surface area contributed by atoms with Gasteiger partial charge in [0.15, 0.2) is 0 Å². The van der Waals surface area contributed by atoms with Crippen molar-refractivity contribution in [3.8, 4) is 0 Å². The van der Waals surface area contributed by atoms with Gasteiger partial charge in [-0.2, -0.15) is 0 Å². The molecule has 18 heavy (non-hydrogen) atoms. The zero-order chi connectivity index (χ0) is 12.8. The number of nitrogens with zero attached hydrogens (tertiary/aromatic N) is 1. The summed E-state index contributed by atoms with van der Waals surface area (Å²) in [5.41, 5.74) is 1.04. The number of nitrogens with one attached hydrogen (secondary N) is 1. The van der Waals surface area contributed by atoms with E-state index in [0.29, 0.717) is 0 Å². The molecule has 1 amide bonds. The molecule has 0 aromatic carbocycles. The predicted molar refractivity (Wildman–Crippen MR) is 72.1 cm³/mol. The van der Waals surface area contributed by atoms with Gasteiger partial charge in [0, 0.05) is 30.3 Å². The molecule has 0 aliphatic heterocycles. The first-order chi connectivity index (χ1) is 8.75. The van der Waals surface area contributed by atoms with Gasteiger partial charge >= 0.3 is 0 Å². The Morgan fingerprint density at radius 2 is 2.17 bits per heavy atom. The van der Waals surface area contributed by atoms with Gasteiger partial charge in [-0.3, -0.25) is 9.78 Å². The van der Waals surface area contributed by atoms with Crippen LogP contribution >= 0.6 is 0 Å². The molecule has 1 aromatic rings. The second kappa shape index (κ2) is 6.53. The molecule has 0 spiro atoms. The zero-order valence-electron chi connectivity index (χ0n) is 11.1. The van der Waals surface area contributed by atoms with Crippen molar-refractivity contribution in [2.75, 3.05) is 0 Å². The van der Waals surface area contributed by atoms with Crippen LogP contribution in [0.4, 0.5) is 0 Å². The number of rotatable bonds is 4. The average Bonchev–Trinajstić information content (AvgIpc) is 2.40. The van der Waals surface area contributed by atoms with Crippen LogP contribution < -0.4 is 5.32 Å². The number of hydrogen-bond donors (Lipinski definition) is 1. The highest BCUT2D eigenvalue weighted by Crippen LogP contribution is 2.23. The van der Waals surface area contributed by atoms with E-state index < -0.39 is 0 Å². The molecule has 0 bridgehead atoms. The Morgan fingerprint density at radius 3 is 2.83 bits per heavy atom. The summed E-state index contributed by atoms with van der Waals surface area (Å²) in [7, 11) is 0. The summed E-state index contributed by atoms with van der Waals surface area (Å²) in [5.74, 6) is 0.475. The molecule has 3 heteroatoms. The zero-order valence-corrected chi connectivity index (χ0v) is 11.1. The number of pyridine rings is 1. The Kier molecular flexibility index (Phi) is 4.73. The average molecular weight is 246 g/mol. The molecule has 1 aromatic heterocycles. The molecular formula is C15H22N2O.